The molecule has 4 aromatic rings. The van der Waals surface area contributed by atoms with Gasteiger partial charge in [0.1, 0.15) is 41.9 Å². The van der Waals surface area contributed by atoms with E-state index in [0.717, 1.165) is 16.8 Å². The molecule has 2 heterocycles. The summed E-state index contributed by atoms with van der Waals surface area (Å²) in [6.07, 6.45) is 0.444. The van der Waals surface area contributed by atoms with Gasteiger partial charge in [0.05, 0.1) is 16.8 Å². The van der Waals surface area contributed by atoms with Gasteiger partial charge in [0.2, 0.25) is 5.91 Å². The molecule has 10 heteroatoms. The van der Waals surface area contributed by atoms with Crippen LogP contribution >= 0.6 is 11.6 Å². The van der Waals surface area contributed by atoms with Gasteiger partial charge in [-0.25, -0.2) is 19.0 Å². The van der Waals surface area contributed by atoms with Gasteiger partial charge in [-0.1, -0.05) is 23.7 Å². The lowest BCUT2D eigenvalue weighted by atomic mass is 10.0. The standard InChI is InChI=1S/C25H25ClFN5O3/c1-13-8-22(32-12-28-16(4)31-32)18-6-5-7-23(24(18)29-13)35-11-20-19(9-17(27)10-21(20)26)14(2)30-25(34)15(3)33/h5-10,12,14-15,33H,11H2,1-4H3,(H,30,34)/t14-,15+/m0/s1. The molecule has 2 atom stereocenters. The van der Waals surface area contributed by atoms with Crippen LogP contribution < -0.4 is 10.1 Å². The molecule has 182 valence electrons. The van der Waals surface area contributed by atoms with Gasteiger partial charge in [-0.3, -0.25) is 4.79 Å². The minimum atomic E-state index is -1.20. The highest BCUT2D eigenvalue weighted by atomic mass is 35.5. The van der Waals surface area contributed by atoms with E-state index in [2.05, 4.69) is 20.4 Å². The molecule has 0 radical (unpaired) electrons. The lowest BCUT2D eigenvalue weighted by molar-refractivity contribution is -0.129. The summed E-state index contributed by atoms with van der Waals surface area (Å²) < 4.78 is 22.0. The SMILES string of the molecule is Cc1cc(-n2cnc(C)n2)c2cccc(OCc3c(Cl)cc(F)cc3[C@H](C)NC(=O)[C@@H](C)O)c2n1. The second-order valence-electron chi connectivity index (χ2n) is 8.32. The smallest absolute Gasteiger partial charge is 0.249 e. The fourth-order valence-electron chi connectivity index (χ4n) is 3.82. The lowest BCUT2D eigenvalue weighted by Crippen LogP contribution is -2.34. The van der Waals surface area contributed by atoms with Crippen molar-refractivity contribution in [1.82, 2.24) is 25.1 Å². The number of hydrogen-bond acceptors (Lipinski definition) is 6. The average molecular weight is 498 g/mol. The van der Waals surface area contributed by atoms with Crippen molar-refractivity contribution in [1.29, 1.82) is 0 Å². The number of pyridine rings is 1. The number of carbonyl (C=O) groups excluding carboxylic acids is 1. The largest absolute Gasteiger partial charge is 0.487 e. The first-order chi connectivity index (χ1) is 16.6. The number of ether oxygens (including phenoxy) is 1. The lowest BCUT2D eigenvalue weighted by Gasteiger charge is -2.21. The normalized spacial score (nSPS) is 13.0. The molecule has 0 aliphatic rings. The van der Waals surface area contributed by atoms with E-state index in [1.807, 2.05) is 32.0 Å². The van der Waals surface area contributed by atoms with E-state index in [9.17, 15) is 14.3 Å². The number of carbonyl (C=O) groups is 1. The van der Waals surface area contributed by atoms with Crippen LogP contribution in [-0.2, 0) is 11.4 Å². The van der Waals surface area contributed by atoms with Gasteiger partial charge < -0.3 is 15.2 Å². The molecule has 0 aliphatic carbocycles. The Kier molecular flexibility index (Phi) is 7.00. The molecule has 2 aromatic carbocycles. The monoisotopic (exact) mass is 497 g/mol. The van der Waals surface area contributed by atoms with Crippen LogP contribution in [0.3, 0.4) is 0 Å². The van der Waals surface area contributed by atoms with Gasteiger partial charge in [0.25, 0.3) is 0 Å². The second-order valence-corrected chi connectivity index (χ2v) is 8.73. The summed E-state index contributed by atoms with van der Waals surface area (Å²) in [5, 5.41) is 17.6. The molecule has 2 N–H and O–H groups in total. The summed E-state index contributed by atoms with van der Waals surface area (Å²) in [5.41, 5.74) is 3.18. The molecule has 2 aromatic heterocycles. The quantitative estimate of drug-likeness (QED) is 0.393. The zero-order chi connectivity index (χ0) is 25.3. The van der Waals surface area contributed by atoms with Crippen molar-refractivity contribution >= 4 is 28.4 Å². The summed E-state index contributed by atoms with van der Waals surface area (Å²) in [4.78, 5) is 20.9. The average Bonchev–Trinajstić information content (AvgIpc) is 3.23. The van der Waals surface area contributed by atoms with Gasteiger partial charge in [-0.05, 0) is 57.5 Å². The van der Waals surface area contributed by atoms with Crippen LogP contribution in [0.5, 0.6) is 5.75 Å². The summed E-state index contributed by atoms with van der Waals surface area (Å²) in [6.45, 7) is 6.75. The zero-order valence-electron chi connectivity index (χ0n) is 19.7. The first-order valence-electron chi connectivity index (χ1n) is 11.0. The Bertz CT molecular complexity index is 1410. The summed E-state index contributed by atoms with van der Waals surface area (Å²) >= 11 is 6.38. The molecule has 35 heavy (non-hydrogen) atoms. The summed E-state index contributed by atoms with van der Waals surface area (Å²) in [5.74, 6) is 0.0445. The highest BCUT2D eigenvalue weighted by Gasteiger charge is 2.20. The maximum Gasteiger partial charge on any atom is 0.249 e. The maximum absolute atomic E-state index is 14.2. The fourth-order valence-corrected chi connectivity index (χ4v) is 4.09. The number of hydrogen-bond donors (Lipinski definition) is 2. The van der Waals surface area contributed by atoms with Crippen LogP contribution in [-0.4, -0.2) is 36.9 Å². The van der Waals surface area contributed by atoms with Crippen LogP contribution in [0.2, 0.25) is 5.02 Å². The topological polar surface area (TPSA) is 102 Å². The number of aliphatic hydroxyl groups is 1. The predicted molar refractivity (Wildman–Crippen MR) is 130 cm³/mol. The first kappa shape index (κ1) is 24.6. The van der Waals surface area contributed by atoms with E-state index in [-0.39, 0.29) is 11.6 Å². The number of aromatic nitrogens is 4. The highest BCUT2D eigenvalue weighted by molar-refractivity contribution is 6.31. The van der Waals surface area contributed by atoms with Crippen molar-refractivity contribution in [2.45, 2.75) is 46.4 Å². The van der Waals surface area contributed by atoms with Gasteiger partial charge in [0.15, 0.2) is 0 Å². The minimum Gasteiger partial charge on any atom is -0.487 e. The van der Waals surface area contributed by atoms with Crippen molar-refractivity contribution in [2.75, 3.05) is 0 Å². The number of amides is 1. The fraction of sp³-hybridized carbons (Fsp3) is 0.280. The highest BCUT2D eigenvalue weighted by Crippen LogP contribution is 2.32. The van der Waals surface area contributed by atoms with Gasteiger partial charge in [0, 0.05) is 16.6 Å². The van der Waals surface area contributed by atoms with Crippen LogP contribution in [0.1, 0.15) is 42.5 Å². The molecule has 0 saturated heterocycles. The third kappa shape index (κ3) is 5.26. The number of aryl methyl sites for hydroxylation is 2. The minimum absolute atomic E-state index is 0.00976. The number of nitrogens with one attached hydrogen (secondary N) is 1. The number of halogens is 2. The Morgan fingerprint density at radius 3 is 2.71 bits per heavy atom. The molecular weight excluding hydrogens is 473 g/mol. The third-order valence-electron chi connectivity index (χ3n) is 5.53. The third-order valence-corrected chi connectivity index (χ3v) is 5.87. The van der Waals surface area contributed by atoms with E-state index in [1.165, 1.54) is 19.1 Å². The van der Waals surface area contributed by atoms with Crippen LogP contribution in [0.25, 0.3) is 16.6 Å². The predicted octanol–water partition coefficient (Wildman–Crippen LogP) is 4.36. The van der Waals surface area contributed by atoms with Crippen LogP contribution in [0.4, 0.5) is 4.39 Å². The zero-order valence-corrected chi connectivity index (χ0v) is 20.5. The van der Waals surface area contributed by atoms with Crippen molar-refractivity contribution in [3.05, 3.63) is 76.2 Å². The molecule has 0 fully saturated rings. The molecule has 0 saturated carbocycles. The molecule has 8 nitrogen and oxygen atoms in total. The number of nitrogens with zero attached hydrogens (tertiary/aromatic N) is 4. The molecule has 0 aliphatic heterocycles. The van der Waals surface area contributed by atoms with Gasteiger partial charge in [-0.2, -0.15) is 5.10 Å². The summed E-state index contributed by atoms with van der Waals surface area (Å²) in [6, 6.07) is 9.37. The number of benzene rings is 2. The number of rotatable bonds is 7. The number of fused-ring (bicyclic) bond motifs is 1. The molecular formula is C25H25ClFN5O3. The number of para-hydroxylation sites is 1. The van der Waals surface area contributed by atoms with E-state index in [0.29, 0.717) is 28.2 Å². The molecule has 4 rings (SSSR count). The van der Waals surface area contributed by atoms with Crippen molar-refractivity contribution < 1.29 is 19.0 Å². The van der Waals surface area contributed by atoms with E-state index < -0.39 is 23.9 Å². The van der Waals surface area contributed by atoms with Crippen molar-refractivity contribution in [3.63, 3.8) is 0 Å². The van der Waals surface area contributed by atoms with Gasteiger partial charge >= 0.3 is 0 Å². The molecule has 0 unspecified atom stereocenters. The Labute approximate surface area is 206 Å². The van der Waals surface area contributed by atoms with Crippen LogP contribution in [0.15, 0.2) is 42.7 Å². The van der Waals surface area contributed by atoms with E-state index >= 15 is 0 Å². The van der Waals surface area contributed by atoms with E-state index in [4.69, 9.17) is 16.3 Å². The molecule has 1 amide bonds. The molecule has 0 bridgehead atoms. The maximum atomic E-state index is 14.2. The summed E-state index contributed by atoms with van der Waals surface area (Å²) in [7, 11) is 0. The second kappa shape index (κ2) is 9.97. The molecule has 0 spiro atoms. The Balaban J connectivity index is 1.70. The van der Waals surface area contributed by atoms with Crippen LogP contribution in [0, 0.1) is 19.7 Å². The van der Waals surface area contributed by atoms with E-state index in [1.54, 1.807) is 24.0 Å². The van der Waals surface area contributed by atoms with Crippen molar-refractivity contribution in [3.8, 4) is 11.4 Å². The Hall–Kier alpha value is -3.56. The first-order valence-corrected chi connectivity index (χ1v) is 11.4. The van der Waals surface area contributed by atoms with Gasteiger partial charge in [-0.15, -0.1) is 0 Å². The number of aliphatic hydroxyl groups excluding tert-OH is 1. The Morgan fingerprint density at radius 2 is 2.03 bits per heavy atom. The Morgan fingerprint density at radius 1 is 1.26 bits per heavy atom. The van der Waals surface area contributed by atoms with Crippen molar-refractivity contribution in [2.24, 2.45) is 0 Å².